The van der Waals surface area contributed by atoms with E-state index in [1.807, 2.05) is 30.3 Å². The van der Waals surface area contributed by atoms with E-state index >= 15 is 0 Å². The third-order valence-corrected chi connectivity index (χ3v) is 3.01. The average Bonchev–Trinajstić information content (AvgIpc) is 3.13. The van der Waals surface area contributed by atoms with Crippen molar-refractivity contribution in [2.24, 2.45) is 0 Å². The summed E-state index contributed by atoms with van der Waals surface area (Å²) in [7, 11) is 0. The van der Waals surface area contributed by atoms with Gasteiger partial charge in [0.1, 0.15) is 0 Å². The lowest BCUT2D eigenvalue weighted by Gasteiger charge is -2.11. The molecule has 0 amide bonds. The molecule has 1 heterocycles. The Kier molecular flexibility index (Phi) is 2.65. The molecule has 0 atom stereocenters. The van der Waals surface area contributed by atoms with Gasteiger partial charge < -0.3 is 10.6 Å². The molecule has 3 rings (SSSR count). The fraction of sp³-hybridized carbons (Fsp3) is 0.231. The zero-order chi connectivity index (χ0) is 11.7. The number of rotatable bonds is 2. The van der Waals surface area contributed by atoms with Crippen LogP contribution in [-0.2, 0) is 0 Å². The highest BCUT2D eigenvalue weighted by atomic mass is 32.1. The van der Waals surface area contributed by atoms with Gasteiger partial charge in [0.05, 0.1) is 11.2 Å². The molecule has 17 heavy (non-hydrogen) atoms. The van der Waals surface area contributed by atoms with Crippen LogP contribution in [0.2, 0.25) is 0 Å². The maximum absolute atomic E-state index is 5.27. The molecule has 0 spiro atoms. The first-order chi connectivity index (χ1) is 8.33. The van der Waals surface area contributed by atoms with Crippen molar-refractivity contribution in [3.05, 3.63) is 36.5 Å². The van der Waals surface area contributed by atoms with Gasteiger partial charge in [-0.05, 0) is 37.2 Å². The molecule has 1 saturated carbocycles. The van der Waals surface area contributed by atoms with Gasteiger partial charge in [-0.15, -0.1) is 0 Å². The van der Waals surface area contributed by atoms with Crippen molar-refractivity contribution in [2.75, 3.05) is 5.32 Å². The summed E-state index contributed by atoms with van der Waals surface area (Å²) in [5.74, 6) is 0. The van der Waals surface area contributed by atoms with Gasteiger partial charge in [0, 0.05) is 17.6 Å². The van der Waals surface area contributed by atoms with Crippen LogP contribution in [0.25, 0.3) is 10.9 Å². The topological polar surface area (TPSA) is 37.0 Å². The highest BCUT2D eigenvalue weighted by molar-refractivity contribution is 7.80. The first-order valence-corrected chi connectivity index (χ1v) is 6.15. The number of para-hydroxylation sites is 1. The summed E-state index contributed by atoms with van der Waals surface area (Å²) < 4.78 is 0. The van der Waals surface area contributed by atoms with Gasteiger partial charge in [-0.1, -0.05) is 18.2 Å². The number of anilines is 1. The summed E-state index contributed by atoms with van der Waals surface area (Å²) in [6.07, 6.45) is 4.23. The molecule has 0 aliphatic heterocycles. The van der Waals surface area contributed by atoms with Crippen LogP contribution in [0.15, 0.2) is 36.5 Å². The molecular formula is C13H13N3S. The summed E-state index contributed by atoms with van der Waals surface area (Å²) in [6, 6.07) is 10.6. The molecule has 2 N–H and O–H groups in total. The van der Waals surface area contributed by atoms with Crippen LogP contribution in [0.4, 0.5) is 5.69 Å². The maximum atomic E-state index is 5.27. The zero-order valence-corrected chi connectivity index (χ0v) is 10.1. The SMILES string of the molecule is S=C(Nc1cccc2cccnc12)NC1CC1. The predicted molar refractivity (Wildman–Crippen MR) is 74.1 cm³/mol. The smallest absolute Gasteiger partial charge is 0.171 e. The summed E-state index contributed by atoms with van der Waals surface area (Å²) in [6.45, 7) is 0. The molecule has 0 bridgehead atoms. The molecule has 0 unspecified atom stereocenters. The van der Waals surface area contributed by atoms with Gasteiger partial charge in [-0.25, -0.2) is 0 Å². The molecule has 1 aromatic heterocycles. The summed E-state index contributed by atoms with van der Waals surface area (Å²) >= 11 is 5.27. The molecule has 3 nitrogen and oxygen atoms in total. The number of nitrogens with zero attached hydrogens (tertiary/aromatic N) is 1. The Morgan fingerprint density at radius 3 is 2.88 bits per heavy atom. The molecule has 0 saturated heterocycles. The van der Waals surface area contributed by atoms with Crippen LogP contribution in [0.3, 0.4) is 0 Å². The minimum atomic E-state index is 0.568. The second-order valence-corrected chi connectivity index (χ2v) is 4.66. The predicted octanol–water partition coefficient (Wildman–Crippen LogP) is 2.68. The van der Waals surface area contributed by atoms with Crippen molar-refractivity contribution in [1.82, 2.24) is 10.3 Å². The molecule has 4 heteroatoms. The molecule has 1 aromatic carbocycles. The van der Waals surface area contributed by atoms with Crippen molar-refractivity contribution in [2.45, 2.75) is 18.9 Å². The molecule has 0 radical (unpaired) electrons. The van der Waals surface area contributed by atoms with E-state index in [-0.39, 0.29) is 0 Å². The average molecular weight is 243 g/mol. The number of aromatic nitrogens is 1. The third kappa shape index (κ3) is 2.36. The molecular weight excluding hydrogens is 230 g/mol. The van der Waals surface area contributed by atoms with Crippen molar-refractivity contribution >= 4 is 33.9 Å². The van der Waals surface area contributed by atoms with Crippen molar-refractivity contribution < 1.29 is 0 Å². The van der Waals surface area contributed by atoms with E-state index in [4.69, 9.17) is 12.2 Å². The molecule has 2 aromatic rings. The largest absolute Gasteiger partial charge is 0.360 e. The van der Waals surface area contributed by atoms with Gasteiger partial charge in [0.2, 0.25) is 0 Å². The Hall–Kier alpha value is -1.68. The van der Waals surface area contributed by atoms with E-state index < -0.39 is 0 Å². The zero-order valence-electron chi connectivity index (χ0n) is 9.31. The van der Waals surface area contributed by atoms with Gasteiger partial charge in [-0.3, -0.25) is 4.98 Å². The minimum absolute atomic E-state index is 0.568. The lowest BCUT2D eigenvalue weighted by Crippen LogP contribution is -2.30. The van der Waals surface area contributed by atoms with Crippen LogP contribution in [0.1, 0.15) is 12.8 Å². The van der Waals surface area contributed by atoms with Gasteiger partial charge in [0.15, 0.2) is 5.11 Å². The lowest BCUT2D eigenvalue weighted by molar-refractivity contribution is 0.919. The number of hydrogen-bond donors (Lipinski definition) is 2. The highest BCUT2D eigenvalue weighted by Gasteiger charge is 2.21. The fourth-order valence-corrected chi connectivity index (χ4v) is 2.05. The molecule has 1 aliphatic rings. The van der Waals surface area contributed by atoms with Gasteiger partial charge in [0.25, 0.3) is 0 Å². The number of benzene rings is 1. The van der Waals surface area contributed by atoms with Crippen LogP contribution in [-0.4, -0.2) is 16.1 Å². The van der Waals surface area contributed by atoms with E-state index in [1.54, 1.807) is 6.20 Å². The molecule has 86 valence electrons. The van der Waals surface area contributed by atoms with Crippen LogP contribution >= 0.6 is 12.2 Å². The second-order valence-electron chi connectivity index (χ2n) is 4.25. The number of fused-ring (bicyclic) bond motifs is 1. The van der Waals surface area contributed by atoms with E-state index in [1.165, 1.54) is 12.8 Å². The third-order valence-electron chi connectivity index (χ3n) is 2.79. The summed E-state index contributed by atoms with van der Waals surface area (Å²) in [4.78, 5) is 4.38. The quantitative estimate of drug-likeness (QED) is 0.795. The summed E-state index contributed by atoms with van der Waals surface area (Å²) in [5, 5.41) is 8.28. The first-order valence-electron chi connectivity index (χ1n) is 5.74. The molecule has 1 aliphatic carbocycles. The maximum Gasteiger partial charge on any atom is 0.171 e. The Labute approximate surface area is 105 Å². The second kappa shape index (κ2) is 4.30. The minimum Gasteiger partial charge on any atom is -0.360 e. The van der Waals surface area contributed by atoms with Crippen LogP contribution in [0, 0.1) is 0 Å². The fourth-order valence-electron chi connectivity index (χ4n) is 1.78. The Morgan fingerprint density at radius 2 is 2.06 bits per heavy atom. The number of nitrogens with one attached hydrogen (secondary N) is 2. The van der Waals surface area contributed by atoms with E-state index in [0.29, 0.717) is 11.2 Å². The first kappa shape index (κ1) is 10.5. The van der Waals surface area contributed by atoms with E-state index in [2.05, 4.69) is 15.6 Å². The molecule has 1 fully saturated rings. The lowest BCUT2D eigenvalue weighted by atomic mass is 10.2. The number of hydrogen-bond acceptors (Lipinski definition) is 2. The van der Waals surface area contributed by atoms with E-state index in [0.717, 1.165) is 16.6 Å². The number of pyridine rings is 1. The number of thiocarbonyl (C=S) groups is 1. The van der Waals surface area contributed by atoms with Crippen molar-refractivity contribution in [1.29, 1.82) is 0 Å². The van der Waals surface area contributed by atoms with Crippen LogP contribution in [0.5, 0.6) is 0 Å². The summed E-state index contributed by atoms with van der Waals surface area (Å²) in [5.41, 5.74) is 1.91. The van der Waals surface area contributed by atoms with Gasteiger partial charge >= 0.3 is 0 Å². The van der Waals surface area contributed by atoms with Crippen molar-refractivity contribution in [3.63, 3.8) is 0 Å². The van der Waals surface area contributed by atoms with Gasteiger partial charge in [-0.2, -0.15) is 0 Å². The normalized spacial score (nSPS) is 14.6. The Balaban J connectivity index is 1.86. The highest BCUT2D eigenvalue weighted by Crippen LogP contribution is 2.22. The van der Waals surface area contributed by atoms with Crippen LogP contribution < -0.4 is 10.6 Å². The van der Waals surface area contributed by atoms with Crippen molar-refractivity contribution in [3.8, 4) is 0 Å². The monoisotopic (exact) mass is 243 g/mol. The Morgan fingerprint density at radius 1 is 1.24 bits per heavy atom. The standard InChI is InChI=1S/C13H13N3S/c17-13(15-10-6-7-10)16-11-5-1-3-9-4-2-8-14-12(9)11/h1-5,8,10H,6-7H2,(H2,15,16,17). The van der Waals surface area contributed by atoms with E-state index in [9.17, 15) is 0 Å². The Bertz CT molecular complexity index is 558.